The lowest BCUT2D eigenvalue weighted by Gasteiger charge is -2.41. The van der Waals surface area contributed by atoms with Crippen molar-refractivity contribution >= 4 is 23.9 Å². The molecule has 1 aliphatic heterocycles. The minimum Gasteiger partial charge on any atom is -0.367 e. The summed E-state index contributed by atoms with van der Waals surface area (Å²) in [7, 11) is 0. The lowest BCUT2D eigenvalue weighted by molar-refractivity contribution is -0.207. The Bertz CT molecular complexity index is 619. The van der Waals surface area contributed by atoms with Gasteiger partial charge in [-0.05, 0) is 51.3 Å². The number of hydrogen-bond acceptors (Lipinski definition) is 4. The van der Waals surface area contributed by atoms with Gasteiger partial charge >= 0.3 is 5.97 Å². The molecule has 0 aromatic heterocycles. The Morgan fingerprint density at radius 2 is 2.00 bits per heavy atom. The molecule has 0 N–H and O–H groups in total. The molecular weight excluding hydrogens is 333 g/mol. The van der Waals surface area contributed by atoms with E-state index in [1.807, 2.05) is 0 Å². The third kappa shape index (κ3) is 4.14. The average molecular weight is 356 g/mol. The second-order valence-corrected chi connectivity index (χ2v) is 7.74. The Labute approximate surface area is 146 Å². The summed E-state index contributed by atoms with van der Waals surface area (Å²) in [5, 5.41) is 1.70. The number of benzene rings is 1. The number of rotatable bonds is 4. The van der Waals surface area contributed by atoms with Crippen LogP contribution in [0.1, 0.15) is 45.6 Å². The van der Waals surface area contributed by atoms with Crippen LogP contribution in [0.5, 0.6) is 0 Å². The first-order valence-corrected chi connectivity index (χ1v) is 8.42. The lowest BCUT2D eigenvalue weighted by atomic mass is 9.71. The van der Waals surface area contributed by atoms with Crippen molar-refractivity contribution in [1.29, 1.82) is 0 Å². The molecule has 1 heterocycles. The fourth-order valence-electron chi connectivity index (χ4n) is 2.86. The topological polar surface area (TPSA) is 46.6 Å². The Balaban J connectivity index is 2.13. The van der Waals surface area contributed by atoms with Crippen LogP contribution in [0.4, 0.5) is 4.39 Å². The quantitative estimate of drug-likeness (QED) is 0.768. The van der Waals surface area contributed by atoms with E-state index >= 15 is 0 Å². The molecule has 0 atom stereocenters. The summed E-state index contributed by atoms with van der Waals surface area (Å²) in [6.07, 6.45) is 2.47. The smallest absolute Gasteiger partial charge is 0.330 e. The minimum atomic E-state index is -0.568. The van der Waals surface area contributed by atoms with E-state index in [9.17, 15) is 14.0 Å². The molecule has 0 unspecified atom stereocenters. The van der Waals surface area contributed by atoms with Crippen molar-refractivity contribution in [2.75, 3.05) is 13.1 Å². The van der Waals surface area contributed by atoms with Crippen molar-refractivity contribution < 1.29 is 18.8 Å². The van der Waals surface area contributed by atoms with Gasteiger partial charge in [0.1, 0.15) is 12.1 Å². The molecule has 0 spiro atoms. The van der Waals surface area contributed by atoms with E-state index < -0.39 is 16.6 Å². The number of nitrogens with zero attached hydrogens (tertiary/aromatic N) is 1. The fourth-order valence-corrected chi connectivity index (χ4v) is 3.04. The van der Waals surface area contributed by atoms with Gasteiger partial charge in [0, 0.05) is 24.9 Å². The van der Waals surface area contributed by atoms with E-state index in [0.29, 0.717) is 32.4 Å². The summed E-state index contributed by atoms with van der Waals surface area (Å²) in [5.74, 6) is -0.756. The Morgan fingerprint density at radius 1 is 1.38 bits per heavy atom. The van der Waals surface area contributed by atoms with Gasteiger partial charge in [0.15, 0.2) is 0 Å². The van der Waals surface area contributed by atoms with Crippen LogP contribution in [0.15, 0.2) is 18.2 Å². The molecule has 0 bridgehead atoms. The zero-order valence-corrected chi connectivity index (χ0v) is 15.0. The number of hydroxylamine groups is 2. The van der Waals surface area contributed by atoms with Crippen LogP contribution in [0.3, 0.4) is 0 Å². The van der Waals surface area contributed by atoms with Gasteiger partial charge in [-0.1, -0.05) is 17.7 Å². The summed E-state index contributed by atoms with van der Waals surface area (Å²) >= 11 is 5.90. The first-order chi connectivity index (χ1) is 11.2. The molecule has 1 fully saturated rings. The van der Waals surface area contributed by atoms with Crippen LogP contribution in [-0.2, 0) is 19.8 Å². The van der Waals surface area contributed by atoms with Crippen LogP contribution < -0.4 is 0 Å². The van der Waals surface area contributed by atoms with Crippen LogP contribution in [0.25, 0.3) is 0 Å². The van der Waals surface area contributed by atoms with Gasteiger partial charge < -0.3 is 9.63 Å². The maximum absolute atomic E-state index is 13.4. The molecule has 1 aromatic rings. The van der Waals surface area contributed by atoms with E-state index in [1.165, 1.54) is 6.07 Å². The predicted octanol–water partition coefficient (Wildman–Crippen LogP) is 3.91. The molecular formula is C18H23ClFNO3. The number of aldehydes is 1. The van der Waals surface area contributed by atoms with Crippen molar-refractivity contribution in [2.45, 2.75) is 45.4 Å². The van der Waals surface area contributed by atoms with Crippen LogP contribution in [0.2, 0.25) is 5.02 Å². The molecule has 1 aromatic carbocycles. The van der Waals surface area contributed by atoms with E-state index in [2.05, 4.69) is 0 Å². The van der Waals surface area contributed by atoms with Gasteiger partial charge in [0.25, 0.3) is 0 Å². The van der Waals surface area contributed by atoms with Crippen molar-refractivity contribution in [3.63, 3.8) is 0 Å². The molecule has 1 saturated heterocycles. The first-order valence-electron chi connectivity index (χ1n) is 8.04. The van der Waals surface area contributed by atoms with Gasteiger partial charge in [-0.25, -0.2) is 9.18 Å². The normalized spacial score (nSPS) is 18.2. The second kappa shape index (κ2) is 7.19. The highest BCUT2D eigenvalue weighted by molar-refractivity contribution is 6.30. The highest BCUT2D eigenvalue weighted by Crippen LogP contribution is 2.39. The van der Waals surface area contributed by atoms with Gasteiger partial charge in [-0.2, -0.15) is 0 Å². The third-order valence-corrected chi connectivity index (χ3v) is 4.80. The third-order valence-electron chi connectivity index (χ3n) is 4.51. The SMILES string of the molecule is CC(C)(C)C(=O)ON1CCC(CC=O)(c2ccc(F)c(Cl)c2)CC1. The number of carbonyl (C=O) groups is 2. The summed E-state index contributed by atoms with van der Waals surface area (Å²) in [5.41, 5.74) is -0.117. The van der Waals surface area contributed by atoms with Gasteiger partial charge in [0.2, 0.25) is 0 Å². The summed E-state index contributed by atoms with van der Waals surface area (Å²) in [6.45, 7) is 6.44. The number of halogens is 2. The van der Waals surface area contributed by atoms with E-state index in [4.69, 9.17) is 16.4 Å². The minimum absolute atomic E-state index is 0.0550. The molecule has 2 rings (SSSR count). The first kappa shape index (κ1) is 18.9. The van der Waals surface area contributed by atoms with Gasteiger partial charge in [-0.15, -0.1) is 5.06 Å². The molecule has 1 aliphatic rings. The summed E-state index contributed by atoms with van der Waals surface area (Å²) in [4.78, 5) is 28.6. The second-order valence-electron chi connectivity index (χ2n) is 7.34. The van der Waals surface area contributed by atoms with Crippen molar-refractivity contribution in [2.24, 2.45) is 5.41 Å². The van der Waals surface area contributed by atoms with E-state index in [1.54, 1.807) is 38.0 Å². The van der Waals surface area contributed by atoms with Gasteiger partial charge in [0.05, 0.1) is 10.4 Å². The highest BCUT2D eigenvalue weighted by Gasteiger charge is 2.38. The largest absolute Gasteiger partial charge is 0.367 e. The Kier molecular flexibility index (Phi) is 5.66. The van der Waals surface area contributed by atoms with Gasteiger partial charge in [-0.3, -0.25) is 0 Å². The van der Waals surface area contributed by atoms with Crippen molar-refractivity contribution in [3.8, 4) is 0 Å². The lowest BCUT2D eigenvalue weighted by Crippen LogP contribution is -2.45. The maximum Gasteiger partial charge on any atom is 0.330 e. The maximum atomic E-state index is 13.4. The molecule has 4 nitrogen and oxygen atoms in total. The molecule has 0 amide bonds. The van der Waals surface area contributed by atoms with Crippen molar-refractivity contribution in [1.82, 2.24) is 5.06 Å². The van der Waals surface area contributed by atoms with Crippen molar-refractivity contribution in [3.05, 3.63) is 34.6 Å². The zero-order valence-electron chi connectivity index (χ0n) is 14.3. The highest BCUT2D eigenvalue weighted by atomic mass is 35.5. The fraction of sp³-hybridized carbons (Fsp3) is 0.556. The molecule has 0 radical (unpaired) electrons. The average Bonchev–Trinajstić information content (AvgIpc) is 2.51. The molecule has 6 heteroatoms. The molecule has 0 aliphatic carbocycles. The Hall–Kier alpha value is -1.46. The summed E-state index contributed by atoms with van der Waals surface area (Å²) < 4.78 is 13.4. The molecule has 24 heavy (non-hydrogen) atoms. The summed E-state index contributed by atoms with van der Waals surface area (Å²) in [6, 6.07) is 4.61. The van der Waals surface area contributed by atoms with E-state index in [0.717, 1.165) is 11.8 Å². The monoisotopic (exact) mass is 355 g/mol. The van der Waals surface area contributed by atoms with Crippen LogP contribution in [0, 0.1) is 11.2 Å². The van der Waals surface area contributed by atoms with Crippen LogP contribution in [-0.4, -0.2) is 30.4 Å². The van der Waals surface area contributed by atoms with E-state index in [-0.39, 0.29) is 11.0 Å². The number of piperidine rings is 1. The number of carbonyl (C=O) groups excluding carboxylic acids is 2. The molecule has 132 valence electrons. The Morgan fingerprint density at radius 3 is 2.50 bits per heavy atom. The predicted molar refractivity (Wildman–Crippen MR) is 90.1 cm³/mol. The molecule has 0 saturated carbocycles. The van der Waals surface area contributed by atoms with Crippen LogP contribution >= 0.6 is 11.6 Å². The zero-order chi connectivity index (χ0) is 18.0. The standard InChI is InChI=1S/C18H23ClFNO3/c1-17(2,3)16(23)24-21-9-6-18(7-10-21,8-11-22)13-4-5-15(20)14(19)12-13/h4-5,11-12H,6-10H2,1-3H3. The number of hydrogen-bond donors (Lipinski definition) is 0.